The lowest BCUT2D eigenvalue weighted by atomic mass is 9.82. The molecule has 0 saturated heterocycles. The molecule has 1 aliphatic heterocycles. The number of amides is 2. The van der Waals surface area contributed by atoms with Gasteiger partial charge in [0.15, 0.2) is 0 Å². The molecule has 0 aromatic heterocycles. The summed E-state index contributed by atoms with van der Waals surface area (Å²) in [5.41, 5.74) is 5.71. The van der Waals surface area contributed by atoms with Crippen molar-refractivity contribution in [2.45, 2.75) is 39.3 Å². The van der Waals surface area contributed by atoms with Crippen LogP contribution in [-0.4, -0.2) is 29.5 Å². The average molecular weight is 491 g/mol. The number of alkyl halides is 3. The summed E-state index contributed by atoms with van der Waals surface area (Å²) >= 11 is 0. The maximum atomic E-state index is 14.5. The first kappa shape index (κ1) is 25.9. The zero-order valence-electron chi connectivity index (χ0n) is 19.5. The number of nitrogens with one attached hydrogen (secondary N) is 2. The van der Waals surface area contributed by atoms with Gasteiger partial charge in [0.25, 0.3) is 5.91 Å². The van der Waals surface area contributed by atoms with Gasteiger partial charge in [0, 0.05) is 47.6 Å². The van der Waals surface area contributed by atoms with Crippen LogP contribution in [0.15, 0.2) is 47.7 Å². The van der Waals surface area contributed by atoms with Crippen molar-refractivity contribution in [1.82, 2.24) is 4.90 Å². The number of anilines is 2. The third-order valence-electron chi connectivity index (χ3n) is 5.83. The Balaban J connectivity index is 2.07. The zero-order chi connectivity index (χ0) is 26.1. The minimum absolute atomic E-state index is 0.0277. The van der Waals surface area contributed by atoms with Crippen LogP contribution in [0.4, 0.5) is 28.9 Å². The Kier molecular flexibility index (Phi) is 7.33. The van der Waals surface area contributed by atoms with Gasteiger partial charge >= 0.3 is 6.18 Å². The van der Waals surface area contributed by atoms with Gasteiger partial charge in [0.05, 0.1) is 11.3 Å². The molecule has 2 aromatic carbocycles. The summed E-state index contributed by atoms with van der Waals surface area (Å²) in [6.07, 6.45) is -3.74. The zero-order valence-corrected chi connectivity index (χ0v) is 19.5. The van der Waals surface area contributed by atoms with Gasteiger partial charge in [0.1, 0.15) is 5.82 Å². The second kappa shape index (κ2) is 9.89. The molecule has 0 spiro atoms. The van der Waals surface area contributed by atoms with Crippen molar-refractivity contribution in [1.29, 1.82) is 5.41 Å². The molecule has 1 aliphatic rings. The number of nitrogen functional groups attached to an aromatic ring is 1. The van der Waals surface area contributed by atoms with E-state index in [-0.39, 0.29) is 40.8 Å². The summed E-state index contributed by atoms with van der Waals surface area (Å²) in [7, 11) is 0. The average Bonchev–Trinajstić information content (AvgIpc) is 2.77. The Morgan fingerprint density at radius 1 is 1.26 bits per heavy atom. The van der Waals surface area contributed by atoms with Gasteiger partial charge in [-0.15, -0.1) is 0 Å². The first-order chi connectivity index (χ1) is 16.3. The molecule has 10 heteroatoms. The Morgan fingerprint density at radius 2 is 1.89 bits per heavy atom. The van der Waals surface area contributed by atoms with E-state index in [4.69, 9.17) is 11.1 Å². The predicted molar refractivity (Wildman–Crippen MR) is 125 cm³/mol. The van der Waals surface area contributed by atoms with Crippen LogP contribution in [0.5, 0.6) is 0 Å². The lowest BCUT2D eigenvalue weighted by Crippen LogP contribution is -2.41. The summed E-state index contributed by atoms with van der Waals surface area (Å²) in [6, 6.07) is 6.51. The molecule has 4 N–H and O–H groups in total. The van der Waals surface area contributed by atoms with E-state index < -0.39 is 29.4 Å². The fourth-order valence-electron chi connectivity index (χ4n) is 4.10. The highest BCUT2D eigenvalue weighted by Crippen LogP contribution is 2.39. The summed E-state index contributed by atoms with van der Waals surface area (Å²) < 4.78 is 53.6. The number of carbonyl (C=O) groups is 2. The van der Waals surface area contributed by atoms with Crippen LogP contribution in [0.25, 0.3) is 0 Å². The van der Waals surface area contributed by atoms with Gasteiger partial charge in [-0.3, -0.25) is 9.59 Å². The second-order valence-corrected chi connectivity index (χ2v) is 8.83. The van der Waals surface area contributed by atoms with Crippen molar-refractivity contribution in [2.24, 2.45) is 5.92 Å². The van der Waals surface area contributed by atoms with Gasteiger partial charge < -0.3 is 21.4 Å². The molecule has 6 nitrogen and oxygen atoms in total. The van der Waals surface area contributed by atoms with Gasteiger partial charge in [-0.25, -0.2) is 4.39 Å². The van der Waals surface area contributed by atoms with E-state index in [2.05, 4.69) is 5.32 Å². The molecular weight excluding hydrogens is 464 g/mol. The lowest BCUT2D eigenvalue weighted by Gasteiger charge is -2.36. The summed E-state index contributed by atoms with van der Waals surface area (Å²) in [5, 5.41) is 9.90. The number of rotatable bonds is 6. The highest BCUT2D eigenvalue weighted by molar-refractivity contribution is 6.07. The molecule has 3 rings (SSSR count). The fourth-order valence-corrected chi connectivity index (χ4v) is 4.10. The smallest absolute Gasteiger partial charge is 0.398 e. The third-order valence-corrected chi connectivity index (χ3v) is 5.83. The molecule has 0 bridgehead atoms. The maximum absolute atomic E-state index is 14.5. The number of hydrogen-bond acceptors (Lipinski definition) is 4. The predicted octanol–water partition coefficient (Wildman–Crippen LogP) is 5.31. The number of nitrogens with two attached hydrogens (primary N) is 1. The van der Waals surface area contributed by atoms with E-state index in [1.807, 2.05) is 13.8 Å². The van der Waals surface area contributed by atoms with Crippen molar-refractivity contribution in [3.05, 3.63) is 70.2 Å². The summed E-state index contributed by atoms with van der Waals surface area (Å²) in [6.45, 7) is 5.75. The Morgan fingerprint density at radius 3 is 2.43 bits per heavy atom. The third kappa shape index (κ3) is 5.52. The normalized spacial score (nSPS) is 16.6. The van der Waals surface area contributed by atoms with Crippen LogP contribution >= 0.6 is 0 Å². The van der Waals surface area contributed by atoms with Gasteiger partial charge in [-0.1, -0.05) is 26.0 Å². The first-order valence-electron chi connectivity index (χ1n) is 10.9. The minimum atomic E-state index is -4.53. The highest BCUT2D eigenvalue weighted by atomic mass is 19.4. The Hall–Kier alpha value is -3.69. The summed E-state index contributed by atoms with van der Waals surface area (Å²) in [5.74, 6) is -2.51. The van der Waals surface area contributed by atoms with Crippen LogP contribution in [0, 0.1) is 17.1 Å². The lowest BCUT2D eigenvalue weighted by molar-refractivity contribution is -0.137. The van der Waals surface area contributed by atoms with E-state index >= 15 is 0 Å². The van der Waals surface area contributed by atoms with E-state index in [0.29, 0.717) is 17.8 Å². The standard InChI is InChI=1S/C25H26F4N4O2/c1-13(2)12-33-14(3)23(24(35)32-21-8-16(11-30)20(31)10-19(21)26)18(9-22(33)34)15-4-6-17(7-5-15)25(27,28)29/h4-8,10-11,13,18,30H,9,12,31H2,1-3H3,(H,32,35). The van der Waals surface area contributed by atoms with Crippen LogP contribution in [0.2, 0.25) is 0 Å². The Labute approximate surface area is 200 Å². The van der Waals surface area contributed by atoms with E-state index in [1.54, 1.807) is 6.92 Å². The van der Waals surface area contributed by atoms with Gasteiger partial charge in [-0.2, -0.15) is 13.2 Å². The monoisotopic (exact) mass is 490 g/mol. The Bertz CT molecular complexity index is 1190. The minimum Gasteiger partial charge on any atom is -0.398 e. The number of halogens is 4. The number of allylic oxidation sites excluding steroid dienone is 1. The molecule has 2 amide bonds. The van der Waals surface area contributed by atoms with Crippen LogP contribution in [0.3, 0.4) is 0 Å². The van der Waals surface area contributed by atoms with Crippen molar-refractivity contribution in [3.63, 3.8) is 0 Å². The molecule has 0 fully saturated rings. The molecule has 1 heterocycles. The van der Waals surface area contributed by atoms with Crippen molar-refractivity contribution in [2.75, 3.05) is 17.6 Å². The largest absolute Gasteiger partial charge is 0.416 e. The highest BCUT2D eigenvalue weighted by Gasteiger charge is 2.37. The number of carbonyl (C=O) groups excluding carboxylic acids is 2. The molecule has 0 radical (unpaired) electrons. The SMILES string of the molecule is CC1=C(C(=O)Nc2cc(C=N)c(N)cc2F)C(c2ccc(C(F)(F)F)cc2)CC(=O)N1CC(C)C. The second-order valence-electron chi connectivity index (χ2n) is 8.83. The molecule has 1 atom stereocenters. The van der Waals surface area contributed by atoms with E-state index in [0.717, 1.165) is 24.4 Å². The fraction of sp³-hybridized carbons (Fsp3) is 0.320. The molecule has 35 heavy (non-hydrogen) atoms. The summed E-state index contributed by atoms with van der Waals surface area (Å²) in [4.78, 5) is 27.8. The van der Waals surface area contributed by atoms with Crippen molar-refractivity contribution >= 4 is 29.4 Å². The van der Waals surface area contributed by atoms with Crippen LogP contribution in [-0.2, 0) is 15.8 Å². The first-order valence-corrected chi connectivity index (χ1v) is 10.9. The van der Waals surface area contributed by atoms with Crippen molar-refractivity contribution in [3.8, 4) is 0 Å². The molecule has 2 aromatic rings. The topological polar surface area (TPSA) is 99.3 Å². The van der Waals surface area contributed by atoms with E-state index in [9.17, 15) is 27.2 Å². The van der Waals surface area contributed by atoms with Gasteiger partial charge in [-0.05, 0) is 42.7 Å². The molecule has 186 valence electrons. The molecular formula is C25H26F4N4O2. The molecule has 1 unspecified atom stereocenters. The van der Waals surface area contributed by atoms with Crippen LogP contribution < -0.4 is 11.1 Å². The van der Waals surface area contributed by atoms with E-state index in [1.165, 1.54) is 23.1 Å². The molecule has 0 aliphatic carbocycles. The quantitative estimate of drug-likeness (QED) is 0.291. The molecule has 0 saturated carbocycles. The number of nitrogens with zero attached hydrogens (tertiary/aromatic N) is 1. The maximum Gasteiger partial charge on any atom is 0.416 e. The van der Waals surface area contributed by atoms with Crippen LogP contribution in [0.1, 0.15) is 49.8 Å². The van der Waals surface area contributed by atoms with Gasteiger partial charge in [0.2, 0.25) is 5.91 Å². The number of benzene rings is 2. The van der Waals surface area contributed by atoms with Crippen molar-refractivity contribution < 1.29 is 27.2 Å². The number of hydrogen-bond donors (Lipinski definition) is 3.